The summed E-state index contributed by atoms with van der Waals surface area (Å²) in [5.74, 6) is -2.03. The molecule has 0 aliphatic rings. The highest BCUT2D eigenvalue weighted by molar-refractivity contribution is 6.32. The Morgan fingerprint density at radius 3 is 2.62 bits per heavy atom. The molecule has 42 heavy (non-hydrogen) atoms. The third-order valence-corrected chi connectivity index (χ3v) is 6.32. The van der Waals surface area contributed by atoms with Gasteiger partial charge in [0, 0.05) is 16.7 Å². The average Bonchev–Trinajstić information content (AvgIpc) is 3.55. The van der Waals surface area contributed by atoms with Gasteiger partial charge in [0.15, 0.2) is 11.6 Å². The van der Waals surface area contributed by atoms with Crippen LogP contribution in [0.4, 0.5) is 4.39 Å². The number of aromatic nitrogens is 3. The number of esters is 2. The first-order valence-corrected chi connectivity index (χ1v) is 13.3. The molecule has 0 saturated heterocycles. The Labute approximate surface area is 249 Å². The number of halogens is 3. The van der Waals surface area contributed by atoms with Gasteiger partial charge in [0.25, 0.3) is 5.89 Å². The molecular formula is C29H23Cl2FN4O6. The van der Waals surface area contributed by atoms with Gasteiger partial charge >= 0.3 is 11.9 Å². The van der Waals surface area contributed by atoms with Crippen LogP contribution < -0.4 is 4.74 Å². The highest BCUT2D eigenvalue weighted by Crippen LogP contribution is 2.36. The smallest absolute Gasteiger partial charge is 0.340 e. The van der Waals surface area contributed by atoms with Gasteiger partial charge in [-0.2, -0.15) is 5.26 Å². The lowest BCUT2D eigenvalue weighted by Gasteiger charge is -2.11. The zero-order valence-electron chi connectivity index (χ0n) is 22.6. The van der Waals surface area contributed by atoms with Crippen molar-refractivity contribution in [1.82, 2.24) is 15.2 Å². The predicted octanol–water partition coefficient (Wildman–Crippen LogP) is 6.83. The first-order chi connectivity index (χ1) is 20.1. The van der Waals surface area contributed by atoms with Crippen LogP contribution in [0.3, 0.4) is 0 Å². The van der Waals surface area contributed by atoms with Crippen molar-refractivity contribution in [3.8, 4) is 29.2 Å². The summed E-state index contributed by atoms with van der Waals surface area (Å²) in [4.78, 5) is 27.5. The van der Waals surface area contributed by atoms with Crippen molar-refractivity contribution in [2.45, 2.75) is 27.2 Å². The van der Waals surface area contributed by atoms with Crippen LogP contribution in [0.25, 0.3) is 17.7 Å². The fourth-order valence-electron chi connectivity index (χ4n) is 3.96. The van der Waals surface area contributed by atoms with Gasteiger partial charge in [-0.3, -0.25) is 0 Å². The Morgan fingerprint density at radius 1 is 1.14 bits per heavy atom. The summed E-state index contributed by atoms with van der Waals surface area (Å²) in [5.41, 5.74) is 1.58. The summed E-state index contributed by atoms with van der Waals surface area (Å²) in [7, 11) is 0. The first kappa shape index (κ1) is 30.3. The van der Waals surface area contributed by atoms with E-state index in [1.165, 1.54) is 42.5 Å². The number of aromatic amines is 1. The third kappa shape index (κ3) is 6.79. The predicted molar refractivity (Wildman–Crippen MR) is 151 cm³/mol. The number of nitrogens with one attached hydrogen (secondary N) is 1. The fraction of sp³-hybridized carbons (Fsp3) is 0.207. The molecule has 0 spiro atoms. The Bertz CT molecular complexity index is 1720. The van der Waals surface area contributed by atoms with E-state index in [9.17, 15) is 14.9 Å². The number of ether oxygens (including phenoxy) is 3. The van der Waals surface area contributed by atoms with Gasteiger partial charge in [-0.1, -0.05) is 29.3 Å². The van der Waals surface area contributed by atoms with E-state index in [4.69, 9.17) is 41.8 Å². The van der Waals surface area contributed by atoms with Crippen LogP contribution in [0.15, 0.2) is 40.8 Å². The molecule has 13 heteroatoms. The lowest BCUT2D eigenvalue weighted by atomic mass is 10.1. The summed E-state index contributed by atoms with van der Waals surface area (Å²) in [6.07, 6.45) is 2.45. The molecule has 0 atom stereocenters. The topological polar surface area (TPSA) is 140 Å². The highest BCUT2D eigenvalue weighted by Gasteiger charge is 2.25. The summed E-state index contributed by atoms with van der Waals surface area (Å²) in [6, 6.07) is 9.12. The Hall–Kier alpha value is -4.66. The van der Waals surface area contributed by atoms with Crippen molar-refractivity contribution in [1.29, 1.82) is 5.26 Å². The quantitative estimate of drug-likeness (QED) is 0.151. The molecule has 2 aromatic heterocycles. The van der Waals surface area contributed by atoms with Crippen LogP contribution in [0.5, 0.6) is 11.5 Å². The molecule has 1 N–H and O–H groups in total. The standard InChI is InChI=1S/C29H23Cl2FN4O6/c1-4-39-23(37)9-8-21-24(29(38)40-5-2)15(3)26(34-21)28-36-35-22(42-28)12-17-6-7-20(31)27(25(17)32)41-19-11-16(14-33)10-18(30)13-19/h6-11,13,34H,4-5,12H2,1-3H3/b9-8+. The molecule has 0 bridgehead atoms. The molecule has 0 unspecified atom stereocenters. The molecule has 0 fully saturated rings. The van der Waals surface area contributed by atoms with Gasteiger partial charge in [-0.25, -0.2) is 14.0 Å². The molecule has 216 valence electrons. The summed E-state index contributed by atoms with van der Waals surface area (Å²) in [6.45, 7) is 5.33. The third-order valence-electron chi connectivity index (χ3n) is 5.80. The van der Waals surface area contributed by atoms with Crippen molar-refractivity contribution < 1.29 is 32.6 Å². The number of benzene rings is 2. The molecule has 0 aliphatic carbocycles. The Balaban J connectivity index is 1.63. The lowest BCUT2D eigenvalue weighted by Crippen LogP contribution is -2.07. The fourth-order valence-corrected chi connectivity index (χ4v) is 4.37. The number of carbonyl (C=O) groups is 2. The number of H-pyrrole nitrogens is 1. The highest BCUT2D eigenvalue weighted by atomic mass is 35.5. The number of carbonyl (C=O) groups excluding carboxylic acids is 2. The van der Waals surface area contributed by atoms with E-state index >= 15 is 4.39 Å². The molecule has 0 aliphatic heterocycles. The SMILES string of the molecule is CCOC(=O)/C=C/c1[nH]c(-c2nnc(Cc3ccc(Cl)c(Oc4cc(Cl)cc(C#N)c4)c3F)o2)c(C)c1C(=O)OCC. The summed E-state index contributed by atoms with van der Waals surface area (Å²) in [5, 5.41) is 17.5. The van der Waals surface area contributed by atoms with Crippen LogP contribution in [0, 0.1) is 24.1 Å². The summed E-state index contributed by atoms with van der Waals surface area (Å²) < 4.78 is 37.0. The minimum atomic E-state index is -0.771. The second kappa shape index (κ2) is 13.3. The number of nitrogens with zero attached hydrogens (tertiary/aromatic N) is 3. The van der Waals surface area contributed by atoms with Gasteiger partial charge in [0.05, 0.1) is 47.5 Å². The van der Waals surface area contributed by atoms with Gasteiger partial charge in [-0.05, 0) is 56.7 Å². The minimum Gasteiger partial charge on any atom is -0.463 e. The molecular weight excluding hydrogens is 590 g/mol. The van der Waals surface area contributed by atoms with Crippen LogP contribution in [-0.4, -0.2) is 40.3 Å². The molecule has 0 radical (unpaired) electrons. The van der Waals surface area contributed by atoms with E-state index in [0.29, 0.717) is 11.3 Å². The van der Waals surface area contributed by atoms with Crippen molar-refractivity contribution in [2.75, 3.05) is 13.2 Å². The van der Waals surface area contributed by atoms with Crippen molar-refractivity contribution >= 4 is 41.2 Å². The van der Waals surface area contributed by atoms with Crippen LogP contribution in [0.2, 0.25) is 10.0 Å². The van der Waals surface area contributed by atoms with E-state index in [1.54, 1.807) is 20.8 Å². The molecule has 2 aromatic carbocycles. The van der Waals surface area contributed by atoms with E-state index in [1.807, 2.05) is 6.07 Å². The molecule has 0 amide bonds. The van der Waals surface area contributed by atoms with Crippen molar-refractivity contribution in [3.05, 3.63) is 86.1 Å². The largest absolute Gasteiger partial charge is 0.463 e. The Morgan fingerprint density at radius 2 is 1.90 bits per heavy atom. The maximum atomic E-state index is 15.5. The normalized spacial score (nSPS) is 11.0. The van der Waals surface area contributed by atoms with Crippen molar-refractivity contribution in [2.24, 2.45) is 0 Å². The maximum absolute atomic E-state index is 15.5. The zero-order chi connectivity index (χ0) is 30.4. The van der Waals surface area contributed by atoms with E-state index < -0.39 is 17.8 Å². The monoisotopic (exact) mass is 612 g/mol. The maximum Gasteiger partial charge on any atom is 0.340 e. The van der Waals surface area contributed by atoms with Crippen LogP contribution >= 0.6 is 23.2 Å². The minimum absolute atomic E-state index is 0.00198. The number of hydrogen-bond donors (Lipinski definition) is 1. The van der Waals surface area contributed by atoms with E-state index in [2.05, 4.69) is 15.2 Å². The first-order valence-electron chi connectivity index (χ1n) is 12.6. The van der Waals surface area contributed by atoms with Gasteiger partial charge in [0.1, 0.15) is 11.4 Å². The van der Waals surface area contributed by atoms with E-state index in [0.717, 1.165) is 0 Å². The number of rotatable bonds is 10. The molecule has 2 heterocycles. The summed E-state index contributed by atoms with van der Waals surface area (Å²) >= 11 is 12.2. The molecule has 4 rings (SSSR count). The Kier molecular flexibility index (Phi) is 9.62. The number of nitriles is 1. The second-order valence-electron chi connectivity index (χ2n) is 8.64. The molecule has 10 nitrogen and oxygen atoms in total. The van der Waals surface area contributed by atoms with Gasteiger partial charge in [0.2, 0.25) is 5.89 Å². The zero-order valence-corrected chi connectivity index (χ0v) is 24.1. The number of hydrogen-bond acceptors (Lipinski definition) is 9. The molecule has 0 saturated carbocycles. The average molecular weight is 613 g/mol. The van der Waals surface area contributed by atoms with Crippen LogP contribution in [-0.2, 0) is 20.7 Å². The lowest BCUT2D eigenvalue weighted by molar-refractivity contribution is -0.137. The second-order valence-corrected chi connectivity index (χ2v) is 9.48. The van der Waals surface area contributed by atoms with E-state index in [-0.39, 0.29) is 75.3 Å². The van der Waals surface area contributed by atoms with Crippen molar-refractivity contribution in [3.63, 3.8) is 0 Å². The van der Waals surface area contributed by atoms with Gasteiger partial charge in [-0.15, -0.1) is 10.2 Å². The molecule has 4 aromatic rings. The van der Waals surface area contributed by atoms with Gasteiger partial charge < -0.3 is 23.6 Å². The van der Waals surface area contributed by atoms with Crippen LogP contribution in [0.1, 0.15) is 52.5 Å².